The Morgan fingerprint density at radius 1 is 1.45 bits per heavy atom. The molecule has 0 saturated heterocycles. The van der Waals surface area contributed by atoms with Crippen LogP contribution in [0.3, 0.4) is 0 Å². The summed E-state index contributed by atoms with van der Waals surface area (Å²) in [7, 11) is -2.38. The predicted molar refractivity (Wildman–Crippen MR) is 38.8 cm³/mol. The number of carbonyl (C=O) groups excluding carboxylic acids is 1. The molecule has 0 aromatic rings. The maximum absolute atomic E-state index is 11.4. The van der Waals surface area contributed by atoms with E-state index in [0.717, 1.165) is 0 Å². The van der Waals surface area contributed by atoms with Crippen LogP contribution in [0.15, 0.2) is 0 Å². The predicted octanol–water partition coefficient (Wildman–Crippen LogP) is -0.926. The smallest absolute Gasteiger partial charge is 0.251 e. The zero-order valence-corrected chi connectivity index (χ0v) is 6.77. The molecular weight excluding hydrogens is 173 g/mol. The molecule has 0 aromatic carbocycles. The van der Waals surface area contributed by atoms with Gasteiger partial charge in [0.25, 0.3) is 5.91 Å². The highest BCUT2D eigenvalue weighted by Gasteiger charge is 1.96. The summed E-state index contributed by atoms with van der Waals surface area (Å²) in [6.45, 7) is -0.838. The van der Waals surface area contributed by atoms with Crippen molar-refractivity contribution in [3.05, 3.63) is 0 Å². The quantitative estimate of drug-likeness (QED) is 0.427. The van der Waals surface area contributed by atoms with Crippen molar-refractivity contribution in [1.82, 2.24) is 5.32 Å². The molecule has 0 rings (SSSR count). The summed E-state index contributed by atoms with van der Waals surface area (Å²) in [6.07, 6.45) is 0.338. The normalized spacial score (nSPS) is 10.0. The lowest BCUT2D eigenvalue weighted by atomic mass is 10.5. The summed E-state index contributed by atoms with van der Waals surface area (Å²) in [4.78, 5) is 10.2. The molecule has 0 aliphatic carbocycles. The number of halogens is 1. The van der Waals surface area contributed by atoms with E-state index in [0.29, 0.717) is 6.42 Å². The van der Waals surface area contributed by atoms with Crippen LogP contribution in [0, 0.1) is 0 Å². The fourth-order valence-electron chi connectivity index (χ4n) is 0.483. The number of amides is 1. The molecule has 4 nitrogen and oxygen atoms in total. The molecule has 0 heterocycles. The largest absolute Gasteiger partial charge is 0.354 e. The summed E-state index contributed by atoms with van der Waals surface area (Å²) in [5.74, 6) is -0.673. The van der Waals surface area contributed by atoms with Crippen molar-refractivity contribution in [3.8, 4) is 0 Å². The average molecular weight is 183 g/mol. The number of carbonyl (C=O) groups is 1. The van der Waals surface area contributed by atoms with Gasteiger partial charge in [0.2, 0.25) is 0 Å². The third-order valence-electron chi connectivity index (χ3n) is 0.961. The van der Waals surface area contributed by atoms with Gasteiger partial charge in [-0.1, -0.05) is 0 Å². The number of rotatable bonds is 5. The van der Waals surface area contributed by atoms with E-state index in [1.165, 1.54) is 0 Å². The lowest BCUT2D eigenvalue weighted by Crippen LogP contribution is -2.26. The highest BCUT2D eigenvalue weighted by molar-refractivity contribution is 7.72. The van der Waals surface area contributed by atoms with Gasteiger partial charge in [-0.05, 0) is 6.42 Å². The minimum atomic E-state index is -2.38. The number of thiol groups is 1. The topological polar surface area (TPSA) is 63.2 Å². The zero-order valence-electron chi connectivity index (χ0n) is 5.88. The lowest BCUT2D eigenvalue weighted by Gasteiger charge is -1.97. The molecule has 1 N–H and O–H groups in total. The Kier molecular flexibility index (Phi) is 5.73. The maximum Gasteiger partial charge on any atom is 0.251 e. The second-order valence-corrected chi connectivity index (χ2v) is 3.01. The number of nitrogens with one attached hydrogen (secondary N) is 1. The molecule has 6 heteroatoms. The highest BCUT2D eigenvalue weighted by atomic mass is 32.2. The van der Waals surface area contributed by atoms with Crippen LogP contribution in [0.4, 0.5) is 4.39 Å². The van der Waals surface area contributed by atoms with E-state index < -0.39 is 23.3 Å². The molecular formula is C5H10FNO3S. The molecule has 0 saturated carbocycles. The number of alkyl halides is 1. The van der Waals surface area contributed by atoms with E-state index >= 15 is 0 Å². The Balaban J connectivity index is 3.21. The van der Waals surface area contributed by atoms with Crippen molar-refractivity contribution < 1.29 is 17.6 Å². The van der Waals surface area contributed by atoms with Crippen molar-refractivity contribution in [3.63, 3.8) is 0 Å². The van der Waals surface area contributed by atoms with Crippen molar-refractivity contribution in [2.45, 2.75) is 6.42 Å². The van der Waals surface area contributed by atoms with Crippen LogP contribution >= 0.6 is 0 Å². The van der Waals surface area contributed by atoms with Gasteiger partial charge < -0.3 is 5.32 Å². The molecule has 11 heavy (non-hydrogen) atoms. The molecule has 1 amide bonds. The van der Waals surface area contributed by atoms with Gasteiger partial charge in [0.05, 0.1) is 0 Å². The summed E-state index contributed by atoms with van der Waals surface area (Å²) in [5.41, 5.74) is 0. The van der Waals surface area contributed by atoms with Gasteiger partial charge in [0, 0.05) is 12.3 Å². The Labute approximate surface area is 65.7 Å². The number of hydrogen-bond donors (Lipinski definition) is 2. The van der Waals surface area contributed by atoms with Crippen LogP contribution in [0.25, 0.3) is 0 Å². The maximum atomic E-state index is 11.4. The van der Waals surface area contributed by atoms with Crippen molar-refractivity contribution in [2.24, 2.45) is 0 Å². The minimum absolute atomic E-state index is 0.0297. The molecule has 0 aliphatic heterocycles. The summed E-state index contributed by atoms with van der Waals surface area (Å²) in [5, 5.41) is 2.21. The Hall–Kier alpha value is -0.650. The van der Waals surface area contributed by atoms with E-state index in [9.17, 15) is 17.6 Å². The fourth-order valence-corrected chi connectivity index (χ4v) is 0.900. The van der Waals surface area contributed by atoms with Gasteiger partial charge >= 0.3 is 0 Å². The molecule has 0 aromatic heterocycles. The first kappa shape index (κ1) is 10.3. The van der Waals surface area contributed by atoms with Crippen LogP contribution in [0.1, 0.15) is 6.42 Å². The molecule has 0 bridgehead atoms. The first-order valence-electron chi connectivity index (χ1n) is 3.11. The van der Waals surface area contributed by atoms with E-state index in [-0.39, 0.29) is 12.3 Å². The Morgan fingerprint density at radius 2 is 2.09 bits per heavy atom. The monoisotopic (exact) mass is 183 g/mol. The Morgan fingerprint density at radius 3 is 2.55 bits per heavy atom. The van der Waals surface area contributed by atoms with Gasteiger partial charge in [-0.15, -0.1) is 0 Å². The molecule has 0 aliphatic rings. The van der Waals surface area contributed by atoms with Gasteiger partial charge in [-0.25, -0.2) is 12.8 Å². The van der Waals surface area contributed by atoms with Gasteiger partial charge in [0.15, 0.2) is 6.67 Å². The van der Waals surface area contributed by atoms with Crippen LogP contribution in [0.2, 0.25) is 0 Å². The second kappa shape index (κ2) is 6.09. The molecule has 0 spiro atoms. The Bertz CT molecular complexity index is 184. The van der Waals surface area contributed by atoms with Crippen molar-refractivity contribution in [1.29, 1.82) is 0 Å². The first-order valence-corrected chi connectivity index (χ1v) is 4.47. The van der Waals surface area contributed by atoms with E-state index in [2.05, 4.69) is 5.32 Å². The molecule has 0 unspecified atom stereocenters. The standard InChI is InChI=1S/C5H10FNO3S/c6-4-5(8)7-2-1-3-11(9)10/h11H,1-4H2,(H,7,8). The van der Waals surface area contributed by atoms with E-state index in [1.54, 1.807) is 0 Å². The summed E-state index contributed by atoms with van der Waals surface area (Å²) in [6, 6.07) is 0. The summed E-state index contributed by atoms with van der Waals surface area (Å²) < 4.78 is 31.4. The van der Waals surface area contributed by atoms with E-state index in [4.69, 9.17) is 0 Å². The van der Waals surface area contributed by atoms with Crippen molar-refractivity contribution in [2.75, 3.05) is 19.0 Å². The van der Waals surface area contributed by atoms with Crippen LogP contribution in [-0.2, 0) is 15.5 Å². The molecule has 0 fully saturated rings. The molecule has 0 atom stereocenters. The van der Waals surface area contributed by atoms with Crippen LogP contribution in [-0.4, -0.2) is 33.3 Å². The van der Waals surface area contributed by atoms with Gasteiger partial charge in [0.1, 0.15) is 10.7 Å². The number of hydrogen-bond acceptors (Lipinski definition) is 3. The van der Waals surface area contributed by atoms with Crippen LogP contribution < -0.4 is 5.32 Å². The van der Waals surface area contributed by atoms with Gasteiger partial charge in [-0.2, -0.15) is 0 Å². The van der Waals surface area contributed by atoms with E-state index in [1.807, 2.05) is 0 Å². The SMILES string of the molecule is O=C(CF)NCCC[SH](=O)=O. The van der Waals surface area contributed by atoms with Gasteiger partial charge in [-0.3, -0.25) is 4.79 Å². The minimum Gasteiger partial charge on any atom is -0.354 e. The zero-order chi connectivity index (χ0) is 8.69. The van der Waals surface area contributed by atoms with Crippen LogP contribution in [0.5, 0.6) is 0 Å². The molecule has 66 valence electrons. The average Bonchev–Trinajstić information content (AvgIpc) is 1.97. The fraction of sp³-hybridized carbons (Fsp3) is 0.800. The highest BCUT2D eigenvalue weighted by Crippen LogP contribution is 1.77. The van der Waals surface area contributed by atoms with Crippen molar-refractivity contribution >= 4 is 16.6 Å². The summed E-state index contributed by atoms with van der Waals surface area (Å²) >= 11 is 0. The second-order valence-electron chi connectivity index (χ2n) is 1.89. The first-order chi connectivity index (χ1) is 5.16. The molecule has 0 radical (unpaired) electrons. The third kappa shape index (κ3) is 7.24. The lowest BCUT2D eigenvalue weighted by molar-refractivity contribution is -0.121. The third-order valence-corrected chi connectivity index (χ3v) is 1.64.